The molecule has 0 heterocycles. The highest BCUT2D eigenvalue weighted by Crippen LogP contribution is 2.23. The van der Waals surface area contributed by atoms with Crippen molar-refractivity contribution in [3.63, 3.8) is 0 Å². The Hall–Kier alpha value is -2.44. The summed E-state index contributed by atoms with van der Waals surface area (Å²) >= 11 is 0. The summed E-state index contributed by atoms with van der Waals surface area (Å²) in [6, 6.07) is 0. The van der Waals surface area contributed by atoms with Crippen molar-refractivity contribution in [2.45, 2.75) is 25.5 Å². The smallest absolute Gasteiger partial charge is 0.256 e. The predicted octanol–water partition coefficient (Wildman–Crippen LogP) is -0.543. The maximum atomic E-state index is 10.4. The van der Waals surface area contributed by atoms with E-state index >= 15 is 0 Å². The number of ether oxygens (including phenoxy) is 1. The van der Waals surface area contributed by atoms with Crippen molar-refractivity contribution in [2.24, 2.45) is 0 Å². The van der Waals surface area contributed by atoms with Crippen molar-refractivity contribution >= 4 is 0 Å². The molecule has 0 saturated carbocycles. The van der Waals surface area contributed by atoms with Crippen LogP contribution in [0.25, 0.3) is 0 Å². The highest BCUT2D eigenvalue weighted by atomic mass is 16.8. The van der Waals surface area contributed by atoms with Crippen LogP contribution in [0.3, 0.4) is 0 Å². The fraction of sp³-hybridized carbons (Fsp3) is 1.00. The second-order valence-electron chi connectivity index (χ2n) is 3.00. The fourth-order valence-corrected chi connectivity index (χ4v) is 0.649. The first-order chi connectivity index (χ1) is 7.48. The molecule has 0 aromatic rings. The molecular formula is C4H6N4O9. The van der Waals surface area contributed by atoms with Crippen LogP contribution >= 0.6 is 0 Å². The summed E-state index contributed by atoms with van der Waals surface area (Å²) in [7, 11) is 0. The Bertz CT molecular complexity index is 326. The monoisotopic (exact) mass is 254 g/mol. The molecule has 0 atom stereocenters. The van der Waals surface area contributed by atoms with E-state index in [1.54, 1.807) is 0 Å². The van der Waals surface area contributed by atoms with E-state index in [0.29, 0.717) is 0 Å². The van der Waals surface area contributed by atoms with E-state index in [9.17, 15) is 40.5 Å². The molecule has 0 aromatic heterocycles. The van der Waals surface area contributed by atoms with Crippen LogP contribution in [0.1, 0.15) is 13.8 Å². The molecule has 0 N–H and O–H groups in total. The van der Waals surface area contributed by atoms with Gasteiger partial charge in [-0.1, -0.05) is 0 Å². The summed E-state index contributed by atoms with van der Waals surface area (Å²) in [5, 5.41) is 41.5. The molecule has 96 valence electrons. The molecule has 0 saturated heterocycles. The van der Waals surface area contributed by atoms with Gasteiger partial charge in [0.25, 0.3) is 0 Å². The summed E-state index contributed by atoms with van der Waals surface area (Å²) in [5.74, 6) is -6.98. The summed E-state index contributed by atoms with van der Waals surface area (Å²) in [6.45, 7) is 0.524. The molecule has 0 fully saturated rings. The first kappa shape index (κ1) is 14.6. The summed E-state index contributed by atoms with van der Waals surface area (Å²) in [6.07, 6.45) is 0. The largest absolute Gasteiger partial charge is 0.585 e. The van der Waals surface area contributed by atoms with E-state index in [1.165, 1.54) is 0 Å². The first-order valence-corrected chi connectivity index (χ1v) is 3.76. The zero-order chi connectivity index (χ0) is 14.0. The normalized spacial score (nSPS) is 11.9. The lowest BCUT2D eigenvalue weighted by molar-refractivity contribution is -0.928. The lowest BCUT2D eigenvalue weighted by atomic mass is 10.4. The van der Waals surface area contributed by atoms with Gasteiger partial charge in [0.15, 0.2) is 0 Å². The van der Waals surface area contributed by atoms with Crippen LogP contribution in [0.5, 0.6) is 0 Å². The second kappa shape index (κ2) is 4.20. The van der Waals surface area contributed by atoms with Crippen LogP contribution in [0.15, 0.2) is 0 Å². The van der Waals surface area contributed by atoms with Crippen LogP contribution < -0.4 is 0 Å². The molecule has 13 nitrogen and oxygen atoms in total. The molecule has 17 heavy (non-hydrogen) atoms. The predicted molar refractivity (Wildman–Crippen MR) is 45.9 cm³/mol. The number of nitrogens with zero attached hydrogens (tertiary/aromatic N) is 4. The molecular weight excluding hydrogens is 248 g/mol. The molecule has 0 aromatic carbocycles. The SMILES string of the molecule is CC(OC(C)([N+](=O)[O-])[N+](=O)[O-])([N+](=O)[O-])[N+](=O)[O-]. The van der Waals surface area contributed by atoms with Crippen molar-refractivity contribution in [1.29, 1.82) is 0 Å². The van der Waals surface area contributed by atoms with Crippen molar-refractivity contribution < 1.29 is 24.4 Å². The van der Waals surface area contributed by atoms with Crippen molar-refractivity contribution in [1.82, 2.24) is 0 Å². The van der Waals surface area contributed by atoms with Gasteiger partial charge < -0.3 is 0 Å². The van der Waals surface area contributed by atoms with E-state index < -0.39 is 31.4 Å². The van der Waals surface area contributed by atoms with Gasteiger partial charge in [0.1, 0.15) is 33.5 Å². The molecule has 0 unspecified atom stereocenters. The molecule has 0 bridgehead atoms. The first-order valence-electron chi connectivity index (χ1n) is 3.76. The molecule has 13 heteroatoms. The lowest BCUT2D eigenvalue weighted by Gasteiger charge is -2.16. The van der Waals surface area contributed by atoms with Crippen LogP contribution in [0, 0.1) is 40.5 Å². The van der Waals surface area contributed by atoms with Crippen LogP contribution in [0.4, 0.5) is 0 Å². The molecule has 0 radical (unpaired) electrons. The van der Waals surface area contributed by atoms with Crippen LogP contribution in [-0.2, 0) is 4.74 Å². The number of hydrogen-bond donors (Lipinski definition) is 0. The van der Waals surface area contributed by atoms with Gasteiger partial charge in [-0.3, -0.25) is 40.5 Å². The van der Waals surface area contributed by atoms with Gasteiger partial charge in [-0.25, -0.2) is 0 Å². The molecule has 0 aliphatic heterocycles. The quantitative estimate of drug-likeness (QED) is 0.341. The standard InChI is InChI=1S/C4H6N4O9/c1-3(5(9)10,6(11)12)17-4(2,7(13)14)8(15)16/h1-2H3. The van der Waals surface area contributed by atoms with Crippen LogP contribution in [-0.4, -0.2) is 31.4 Å². The van der Waals surface area contributed by atoms with Crippen LogP contribution in [0.2, 0.25) is 0 Å². The lowest BCUT2D eigenvalue weighted by Crippen LogP contribution is -2.57. The van der Waals surface area contributed by atoms with Gasteiger partial charge >= 0.3 is 11.7 Å². The fourth-order valence-electron chi connectivity index (χ4n) is 0.649. The maximum absolute atomic E-state index is 10.4. The Kier molecular flexibility index (Phi) is 3.60. The summed E-state index contributed by atoms with van der Waals surface area (Å²) in [4.78, 5) is 35.1. The van der Waals surface area contributed by atoms with Crippen molar-refractivity contribution in [3.05, 3.63) is 40.5 Å². The summed E-state index contributed by atoms with van der Waals surface area (Å²) < 4.78 is 3.88. The number of hydrogen-bond acceptors (Lipinski definition) is 9. The van der Waals surface area contributed by atoms with Gasteiger partial charge in [-0.05, 0) is 0 Å². The van der Waals surface area contributed by atoms with E-state index in [1.807, 2.05) is 0 Å². The zero-order valence-corrected chi connectivity index (χ0v) is 8.46. The van der Waals surface area contributed by atoms with E-state index in [-0.39, 0.29) is 13.8 Å². The number of rotatable bonds is 6. The van der Waals surface area contributed by atoms with Gasteiger partial charge in [0.05, 0.1) is 0 Å². The third-order valence-electron chi connectivity index (χ3n) is 1.74. The highest BCUT2D eigenvalue weighted by Gasteiger charge is 2.68. The molecule has 0 amide bonds. The third-order valence-corrected chi connectivity index (χ3v) is 1.74. The number of nitro groups is 4. The third kappa shape index (κ3) is 2.39. The maximum Gasteiger partial charge on any atom is 0.585 e. The van der Waals surface area contributed by atoms with E-state index in [2.05, 4.69) is 4.74 Å². The topological polar surface area (TPSA) is 182 Å². The molecule has 0 spiro atoms. The Balaban J connectivity index is 5.53. The Morgan fingerprint density at radius 1 is 0.706 bits per heavy atom. The van der Waals surface area contributed by atoms with E-state index in [4.69, 9.17) is 0 Å². The Morgan fingerprint density at radius 3 is 1.00 bits per heavy atom. The van der Waals surface area contributed by atoms with Crippen molar-refractivity contribution in [3.8, 4) is 0 Å². The molecule has 0 rings (SSSR count). The average Bonchev–Trinajstić information content (AvgIpc) is 2.15. The Morgan fingerprint density at radius 2 is 0.882 bits per heavy atom. The second-order valence-corrected chi connectivity index (χ2v) is 3.00. The molecule has 0 aliphatic rings. The Labute approximate surface area is 91.6 Å². The highest BCUT2D eigenvalue weighted by molar-refractivity contribution is 4.51. The van der Waals surface area contributed by atoms with Gasteiger partial charge in [-0.15, -0.1) is 4.74 Å². The van der Waals surface area contributed by atoms with Gasteiger partial charge in [0, 0.05) is 0 Å². The zero-order valence-electron chi connectivity index (χ0n) is 8.46. The van der Waals surface area contributed by atoms with Gasteiger partial charge in [0.2, 0.25) is 0 Å². The molecule has 0 aliphatic carbocycles. The summed E-state index contributed by atoms with van der Waals surface area (Å²) in [5.41, 5.74) is 0. The minimum Gasteiger partial charge on any atom is -0.256 e. The minimum atomic E-state index is -3.49. The van der Waals surface area contributed by atoms with Gasteiger partial charge in [-0.2, -0.15) is 0 Å². The average molecular weight is 254 g/mol. The van der Waals surface area contributed by atoms with E-state index in [0.717, 1.165) is 0 Å². The minimum absolute atomic E-state index is 0.262. The van der Waals surface area contributed by atoms with Crippen molar-refractivity contribution in [2.75, 3.05) is 0 Å².